The second kappa shape index (κ2) is 8.71. The van der Waals surface area contributed by atoms with Gasteiger partial charge in [0.15, 0.2) is 5.82 Å². The molecule has 1 fully saturated rings. The number of carbonyl (C=O) groups excluding carboxylic acids is 1. The number of amides is 1. The van der Waals surface area contributed by atoms with Crippen LogP contribution in [0.15, 0.2) is 41.1 Å². The van der Waals surface area contributed by atoms with E-state index in [4.69, 9.17) is 20.9 Å². The van der Waals surface area contributed by atoms with Crippen LogP contribution in [-0.4, -0.2) is 41.2 Å². The average Bonchev–Trinajstić information content (AvgIpc) is 3.20. The van der Waals surface area contributed by atoms with Crippen molar-refractivity contribution in [3.8, 4) is 17.2 Å². The van der Waals surface area contributed by atoms with E-state index < -0.39 is 0 Å². The molecule has 0 unspecified atom stereocenters. The van der Waals surface area contributed by atoms with E-state index in [1.807, 2.05) is 12.1 Å². The molecule has 9 heteroatoms. The van der Waals surface area contributed by atoms with Crippen LogP contribution in [0, 0.1) is 12.8 Å². The standard InChI is InChI=1S/C21H22ClN5O3/c1-13-24-21(30-26-13)14-5-8-19(23-11-14)27-9-3-4-15(12-27)20(28)25-16-6-7-18(29-2)17(22)10-16/h5-8,10-11,15H,3-4,9,12H2,1-2H3,(H,25,28)/t15-/m1/s1. The summed E-state index contributed by atoms with van der Waals surface area (Å²) in [6.07, 6.45) is 3.45. The van der Waals surface area contributed by atoms with Crippen molar-refractivity contribution < 1.29 is 14.1 Å². The van der Waals surface area contributed by atoms with Crippen molar-refractivity contribution in [1.82, 2.24) is 15.1 Å². The normalized spacial score (nSPS) is 16.4. The molecule has 1 amide bonds. The SMILES string of the molecule is COc1ccc(NC(=O)[C@@H]2CCCN(c3ccc(-c4nc(C)no4)cn3)C2)cc1Cl. The first-order chi connectivity index (χ1) is 14.5. The molecule has 0 radical (unpaired) electrons. The molecule has 156 valence electrons. The highest BCUT2D eigenvalue weighted by molar-refractivity contribution is 6.32. The lowest BCUT2D eigenvalue weighted by molar-refractivity contribution is -0.120. The van der Waals surface area contributed by atoms with Gasteiger partial charge < -0.3 is 19.5 Å². The fraction of sp³-hybridized carbons (Fsp3) is 0.333. The molecule has 1 aliphatic heterocycles. The maximum atomic E-state index is 12.8. The van der Waals surface area contributed by atoms with Crippen LogP contribution < -0.4 is 15.0 Å². The zero-order valence-electron chi connectivity index (χ0n) is 16.8. The minimum absolute atomic E-state index is 0.0288. The van der Waals surface area contributed by atoms with Crippen molar-refractivity contribution in [3.05, 3.63) is 47.4 Å². The van der Waals surface area contributed by atoms with E-state index in [1.165, 1.54) is 0 Å². The molecule has 0 saturated carbocycles. The number of methoxy groups -OCH3 is 1. The fourth-order valence-electron chi connectivity index (χ4n) is 3.50. The van der Waals surface area contributed by atoms with Gasteiger partial charge in [-0.2, -0.15) is 4.98 Å². The van der Waals surface area contributed by atoms with Gasteiger partial charge >= 0.3 is 0 Å². The van der Waals surface area contributed by atoms with Crippen LogP contribution in [0.3, 0.4) is 0 Å². The molecule has 1 atom stereocenters. The minimum atomic E-state index is -0.139. The molecule has 3 heterocycles. The van der Waals surface area contributed by atoms with E-state index in [0.717, 1.165) is 30.8 Å². The number of aromatic nitrogens is 3. The van der Waals surface area contributed by atoms with E-state index in [2.05, 4.69) is 25.3 Å². The number of anilines is 2. The van der Waals surface area contributed by atoms with E-state index in [9.17, 15) is 4.79 Å². The number of pyridine rings is 1. The van der Waals surface area contributed by atoms with Gasteiger partial charge in [-0.1, -0.05) is 16.8 Å². The van der Waals surface area contributed by atoms with Crippen molar-refractivity contribution in [2.45, 2.75) is 19.8 Å². The van der Waals surface area contributed by atoms with Crippen molar-refractivity contribution in [2.75, 3.05) is 30.4 Å². The number of ether oxygens (including phenoxy) is 1. The molecule has 1 aliphatic rings. The quantitative estimate of drug-likeness (QED) is 0.658. The second-order valence-corrected chi connectivity index (χ2v) is 7.58. The first kappa shape index (κ1) is 20.2. The van der Waals surface area contributed by atoms with Crippen LogP contribution in [0.1, 0.15) is 18.7 Å². The van der Waals surface area contributed by atoms with Gasteiger partial charge in [0.05, 0.1) is 23.6 Å². The Bertz CT molecular complexity index is 1040. The lowest BCUT2D eigenvalue weighted by atomic mass is 9.97. The minimum Gasteiger partial charge on any atom is -0.495 e. The Kier molecular flexibility index (Phi) is 5.85. The Morgan fingerprint density at radius 2 is 2.20 bits per heavy atom. The molecule has 1 saturated heterocycles. The molecule has 0 spiro atoms. The van der Waals surface area contributed by atoms with Gasteiger partial charge in [0.1, 0.15) is 11.6 Å². The van der Waals surface area contributed by atoms with E-state index >= 15 is 0 Å². The summed E-state index contributed by atoms with van der Waals surface area (Å²) in [6.45, 7) is 3.22. The van der Waals surface area contributed by atoms with Gasteiger partial charge in [-0.05, 0) is 50.1 Å². The molecule has 0 bridgehead atoms. The molecule has 1 aromatic carbocycles. The summed E-state index contributed by atoms with van der Waals surface area (Å²) in [7, 11) is 1.56. The number of rotatable bonds is 5. The van der Waals surface area contributed by atoms with Crippen molar-refractivity contribution in [3.63, 3.8) is 0 Å². The zero-order valence-corrected chi connectivity index (χ0v) is 17.5. The van der Waals surface area contributed by atoms with Gasteiger partial charge in [0.2, 0.25) is 5.91 Å². The van der Waals surface area contributed by atoms with Crippen LogP contribution in [0.4, 0.5) is 11.5 Å². The Morgan fingerprint density at radius 1 is 1.33 bits per heavy atom. The molecular weight excluding hydrogens is 406 g/mol. The summed E-state index contributed by atoms with van der Waals surface area (Å²) in [5.41, 5.74) is 1.42. The number of piperidine rings is 1. The van der Waals surface area contributed by atoms with Crippen LogP contribution in [0.5, 0.6) is 5.75 Å². The van der Waals surface area contributed by atoms with Gasteiger partial charge in [0.25, 0.3) is 5.89 Å². The van der Waals surface area contributed by atoms with Crippen LogP contribution in [0.2, 0.25) is 5.02 Å². The van der Waals surface area contributed by atoms with Gasteiger partial charge in [0, 0.05) is 25.0 Å². The monoisotopic (exact) mass is 427 g/mol. The first-order valence-electron chi connectivity index (χ1n) is 9.69. The predicted octanol–water partition coefficient (Wildman–Crippen LogP) is 3.96. The number of hydrogen-bond donors (Lipinski definition) is 1. The van der Waals surface area contributed by atoms with E-state index in [-0.39, 0.29) is 11.8 Å². The second-order valence-electron chi connectivity index (χ2n) is 7.18. The summed E-state index contributed by atoms with van der Waals surface area (Å²) in [5, 5.41) is 7.21. The Labute approximate surface area is 179 Å². The largest absolute Gasteiger partial charge is 0.495 e. The lowest BCUT2D eigenvalue weighted by Gasteiger charge is -2.32. The van der Waals surface area contributed by atoms with Gasteiger partial charge in [-0.15, -0.1) is 0 Å². The smallest absolute Gasteiger partial charge is 0.259 e. The Morgan fingerprint density at radius 3 is 2.87 bits per heavy atom. The molecule has 0 aliphatic carbocycles. The number of halogens is 1. The molecule has 1 N–H and O–H groups in total. The highest BCUT2D eigenvalue weighted by atomic mass is 35.5. The first-order valence-corrected chi connectivity index (χ1v) is 10.1. The predicted molar refractivity (Wildman–Crippen MR) is 114 cm³/mol. The van der Waals surface area contributed by atoms with Crippen LogP contribution in [-0.2, 0) is 4.79 Å². The molecule has 2 aromatic heterocycles. The van der Waals surface area contributed by atoms with Crippen molar-refractivity contribution in [2.24, 2.45) is 5.92 Å². The third kappa shape index (κ3) is 4.38. The highest BCUT2D eigenvalue weighted by Gasteiger charge is 2.27. The van der Waals surface area contributed by atoms with E-state index in [0.29, 0.717) is 34.7 Å². The average molecular weight is 428 g/mol. The van der Waals surface area contributed by atoms with Crippen LogP contribution >= 0.6 is 11.6 Å². The Balaban J connectivity index is 1.41. The Hall–Kier alpha value is -3.13. The number of nitrogens with zero attached hydrogens (tertiary/aromatic N) is 4. The van der Waals surface area contributed by atoms with Crippen LogP contribution in [0.25, 0.3) is 11.5 Å². The molecular formula is C21H22ClN5O3. The maximum absolute atomic E-state index is 12.8. The third-order valence-electron chi connectivity index (χ3n) is 5.06. The molecule has 8 nitrogen and oxygen atoms in total. The number of nitrogens with one attached hydrogen (secondary N) is 1. The van der Waals surface area contributed by atoms with E-state index in [1.54, 1.807) is 38.4 Å². The third-order valence-corrected chi connectivity index (χ3v) is 5.35. The number of aryl methyl sites for hydroxylation is 1. The maximum Gasteiger partial charge on any atom is 0.259 e. The van der Waals surface area contributed by atoms with Gasteiger partial charge in [-0.25, -0.2) is 4.98 Å². The topological polar surface area (TPSA) is 93.4 Å². The molecule has 3 aromatic rings. The van der Waals surface area contributed by atoms with Gasteiger partial charge in [-0.3, -0.25) is 4.79 Å². The number of carbonyl (C=O) groups is 1. The number of hydrogen-bond acceptors (Lipinski definition) is 7. The highest BCUT2D eigenvalue weighted by Crippen LogP contribution is 2.29. The zero-order chi connectivity index (χ0) is 21.1. The molecule has 30 heavy (non-hydrogen) atoms. The van der Waals surface area contributed by atoms with Crippen molar-refractivity contribution in [1.29, 1.82) is 0 Å². The lowest BCUT2D eigenvalue weighted by Crippen LogP contribution is -2.41. The number of benzene rings is 1. The molecule has 4 rings (SSSR count). The fourth-order valence-corrected chi connectivity index (χ4v) is 3.76. The summed E-state index contributed by atoms with van der Waals surface area (Å²) < 4.78 is 10.3. The summed E-state index contributed by atoms with van der Waals surface area (Å²) in [4.78, 5) is 23.7. The summed E-state index contributed by atoms with van der Waals surface area (Å²) >= 11 is 6.15. The van der Waals surface area contributed by atoms with Crippen molar-refractivity contribution >= 4 is 29.0 Å². The summed E-state index contributed by atoms with van der Waals surface area (Å²) in [6, 6.07) is 9.03. The summed E-state index contributed by atoms with van der Waals surface area (Å²) in [5.74, 6) is 2.25.